The van der Waals surface area contributed by atoms with Crippen molar-refractivity contribution < 1.29 is 9.59 Å². The number of fused-ring (bicyclic) bond motifs is 1. The van der Waals surface area contributed by atoms with Crippen molar-refractivity contribution in [1.29, 1.82) is 0 Å². The van der Waals surface area contributed by atoms with Crippen LogP contribution in [0, 0.1) is 6.92 Å². The molecular formula is C20H25N5O2S. The lowest BCUT2D eigenvalue weighted by Gasteiger charge is -2.40. The predicted octanol–water partition coefficient (Wildman–Crippen LogP) is 2.17. The molecular weight excluding hydrogens is 374 g/mol. The number of piperazine rings is 1. The van der Waals surface area contributed by atoms with Crippen LogP contribution in [0.15, 0.2) is 29.4 Å². The van der Waals surface area contributed by atoms with Crippen molar-refractivity contribution in [2.24, 2.45) is 0 Å². The number of thioether (sulfide) groups is 1. The van der Waals surface area contributed by atoms with Gasteiger partial charge in [-0.2, -0.15) is 4.68 Å². The van der Waals surface area contributed by atoms with Gasteiger partial charge in [0.1, 0.15) is 5.25 Å². The molecule has 0 aliphatic carbocycles. The van der Waals surface area contributed by atoms with Crippen LogP contribution in [0.4, 0.5) is 0 Å². The Hall–Kier alpha value is -2.19. The Balaban J connectivity index is 1.63. The van der Waals surface area contributed by atoms with E-state index in [1.54, 1.807) is 6.92 Å². The van der Waals surface area contributed by atoms with Gasteiger partial charge in [-0.1, -0.05) is 48.5 Å². The van der Waals surface area contributed by atoms with Gasteiger partial charge in [-0.05, 0) is 12.5 Å². The van der Waals surface area contributed by atoms with Gasteiger partial charge in [-0.25, -0.2) is 4.98 Å². The summed E-state index contributed by atoms with van der Waals surface area (Å²) in [5.74, 6) is 0.803. The predicted molar refractivity (Wildman–Crippen MR) is 107 cm³/mol. The summed E-state index contributed by atoms with van der Waals surface area (Å²) >= 11 is 1.51. The van der Waals surface area contributed by atoms with Gasteiger partial charge >= 0.3 is 0 Å². The van der Waals surface area contributed by atoms with Gasteiger partial charge in [-0.3, -0.25) is 14.5 Å². The maximum atomic E-state index is 13.2. The zero-order chi connectivity index (χ0) is 19.8. The molecule has 2 unspecified atom stereocenters. The third-order valence-corrected chi connectivity index (χ3v) is 6.67. The van der Waals surface area contributed by atoms with Gasteiger partial charge < -0.3 is 4.90 Å². The van der Waals surface area contributed by atoms with Crippen LogP contribution in [0.25, 0.3) is 0 Å². The van der Waals surface area contributed by atoms with Crippen LogP contribution < -0.4 is 0 Å². The maximum absolute atomic E-state index is 13.2. The van der Waals surface area contributed by atoms with E-state index in [-0.39, 0.29) is 23.1 Å². The molecule has 4 rings (SSSR count). The van der Waals surface area contributed by atoms with Crippen LogP contribution in [-0.4, -0.2) is 67.8 Å². The molecule has 148 valence electrons. The van der Waals surface area contributed by atoms with Crippen molar-refractivity contribution in [3.63, 3.8) is 0 Å². The third-order valence-electron chi connectivity index (χ3n) is 5.48. The van der Waals surface area contributed by atoms with E-state index in [0.717, 1.165) is 18.7 Å². The van der Waals surface area contributed by atoms with Crippen molar-refractivity contribution in [3.8, 4) is 0 Å². The SMILES string of the molecule is CCc1nc2n(n1)C(=O)C(C(c1ccc(C)cc1)N1CCN(C(C)=O)CC1)S2. The second-order valence-electron chi connectivity index (χ2n) is 7.35. The summed E-state index contributed by atoms with van der Waals surface area (Å²) in [6.07, 6.45) is 0.715. The van der Waals surface area contributed by atoms with E-state index in [1.807, 2.05) is 11.8 Å². The minimum atomic E-state index is -0.285. The third kappa shape index (κ3) is 3.46. The number of amides is 1. The van der Waals surface area contributed by atoms with Crippen molar-refractivity contribution in [2.45, 2.75) is 43.6 Å². The molecule has 1 aromatic carbocycles. The number of nitrogens with zero attached hydrogens (tertiary/aromatic N) is 5. The first-order valence-corrected chi connectivity index (χ1v) is 10.6. The number of carbonyl (C=O) groups is 2. The number of benzene rings is 1. The molecule has 3 heterocycles. The molecule has 1 amide bonds. The summed E-state index contributed by atoms with van der Waals surface area (Å²) in [6, 6.07) is 8.32. The van der Waals surface area contributed by atoms with E-state index >= 15 is 0 Å². The van der Waals surface area contributed by atoms with Crippen LogP contribution in [0.1, 0.15) is 41.6 Å². The Morgan fingerprint density at radius 3 is 2.46 bits per heavy atom. The van der Waals surface area contributed by atoms with Gasteiger partial charge in [0.25, 0.3) is 5.91 Å². The number of aryl methyl sites for hydroxylation is 2. The van der Waals surface area contributed by atoms with Gasteiger partial charge in [0, 0.05) is 39.5 Å². The van der Waals surface area contributed by atoms with Crippen molar-refractivity contribution in [2.75, 3.05) is 26.2 Å². The molecule has 2 aliphatic rings. The number of aromatic nitrogens is 3. The fourth-order valence-corrected chi connectivity index (χ4v) is 5.12. The monoisotopic (exact) mass is 399 g/mol. The zero-order valence-electron chi connectivity index (χ0n) is 16.5. The highest BCUT2D eigenvalue weighted by Gasteiger charge is 2.43. The van der Waals surface area contributed by atoms with E-state index in [4.69, 9.17) is 0 Å². The summed E-state index contributed by atoms with van der Waals surface area (Å²) in [7, 11) is 0. The molecule has 8 heteroatoms. The Morgan fingerprint density at radius 1 is 1.21 bits per heavy atom. The molecule has 0 N–H and O–H groups in total. The summed E-state index contributed by atoms with van der Waals surface area (Å²) in [5.41, 5.74) is 2.31. The minimum Gasteiger partial charge on any atom is -0.340 e. The van der Waals surface area contributed by atoms with Gasteiger partial charge in [-0.15, -0.1) is 5.10 Å². The Labute approximate surface area is 169 Å². The van der Waals surface area contributed by atoms with Crippen LogP contribution in [0.5, 0.6) is 0 Å². The van der Waals surface area contributed by atoms with Crippen LogP contribution >= 0.6 is 11.8 Å². The fraction of sp³-hybridized carbons (Fsp3) is 0.500. The van der Waals surface area contributed by atoms with E-state index in [2.05, 4.69) is 46.2 Å². The quantitative estimate of drug-likeness (QED) is 0.785. The molecule has 2 aliphatic heterocycles. The molecule has 2 atom stereocenters. The Bertz CT molecular complexity index is 887. The van der Waals surface area contributed by atoms with Crippen molar-refractivity contribution in [3.05, 3.63) is 41.2 Å². The molecule has 0 spiro atoms. The Kier molecular flexibility index (Phi) is 5.25. The van der Waals surface area contributed by atoms with Crippen LogP contribution in [0.2, 0.25) is 0 Å². The average molecular weight is 400 g/mol. The van der Waals surface area contributed by atoms with E-state index < -0.39 is 0 Å². The second kappa shape index (κ2) is 7.67. The van der Waals surface area contributed by atoms with E-state index in [0.29, 0.717) is 30.5 Å². The lowest BCUT2D eigenvalue weighted by Crippen LogP contribution is -2.51. The van der Waals surface area contributed by atoms with Crippen LogP contribution in [-0.2, 0) is 11.2 Å². The molecule has 7 nitrogen and oxygen atoms in total. The highest BCUT2D eigenvalue weighted by Crippen LogP contribution is 2.41. The average Bonchev–Trinajstić information content (AvgIpc) is 3.23. The van der Waals surface area contributed by atoms with Gasteiger partial charge in [0.15, 0.2) is 11.0 Å². The summed E-state index contributed by atoms with van der Waals surface area (Å²) < 4.78 is 1.47. The molecule has 1 aromatic heterocycles. The molecule has 0 radical (unpaired) electrons. The highest BCUT2D eigenvalue weighted by molar-refractivity contribution is 8.00. The molecule has 0 bridgehead atoms. The first kappa shape index (κ1) is 19.1. The Morgan fingerprint density at radius 2 is 1.89 bits per heavy atom. The first-order chi connectivity index (χ1) is 13.5. The molecule has 0 saturated carbocycles. The van der Waals surface area contributed by atoms with Gasteiger partial charge in [0.2, 0.25) is 5.91 Å². The summed E-state index contributed by atoms with van der Waals surface area (Å²) in [4.78, 5) is 33.6. The summed E-state index contributed by atoms with van der Waals surface area (Å²) in [5, 5.41) is 4.78. The van der Waals surface area contributed by atoms with E-state index in [1.165, 1.54) is 22.0 Å². The number of hydrogen-bond donors (Lipinski definition) is 0. The number of rotatable bonds is 4. The normalized spacial score (nSPS) is 21.0. The molecule has 1 saturated heterocycles. The standard InChI is InChI=1S/C20H25N5O2S/c1-4-16-21-20-25(22-16)19(27)18(28-20)17(15-7-5-13(2)6-8-15)24-11-9-23(10-12-24)14(3)26/h5-8,17-18H,4,9-12H2,1-3H3. The molecule has 2 aromatic rings. The minimum absolute atomic E-state index is 0.00762. The topological polar surface area (TPSA) is 71.3 Å². The van der Waals surface area contributed by atoms with Crippen molar-refractivity contribution in [1.82, 2.24) is 24.6 Å². The lowest BCUT2D eigenvalue weighted by atomic mass is 9.99. The van der Waals surface area contributed by atoms with Crippen LogP contribution in [0.3, 0.4) is 0 Å². The zero-order valence-corrected chi connectivity index (χ0v) is 17.3. The van der Waals surface area contributed by atoms with Crippen molar-refractivity contribution >= 4 is 23.6 Å². The number of carbonyl (C=O) groups excluding carboxylic acids is 2. The molecule has 1 fully saturated rings. The number of hydrogen-bond acceptors (Lipinski definition) is 6. The fourth-order valence-electron chi connectivity index (χ4n) is 3.85. The second-order valence-corrected chi connectivity index (χ2v) is 8.46. The smallest absolute Gasteiger partial charge is 0.264 e. The maximum Gasteiger partial charge on any atom is 0.264 e. The highest BCUT2D eigenvalue weighted by atomic mass is 32.2. The van der Waals surface area contributed by atoms with Gasteiger partial charge in [0.05, 0.1) is 6.04 Å². The summed E-state index contributed by atoms with van der Waals surface area (Å²) in [6.45, 7) is 8.53. The molecule has 28 heavy (non-hydrogen) atoms. The van der Waals surface area contributed by atoms with E-state index in [9.17, 15) is 9.59 Å². The first-order valence-electron chi connectivity index (χ1n) is 9.71. The lowest BCUT2D eigenvalue weighted by molar-refractivity contribution is -0.130. The largest absolute Gasteiger partial charge is 0.340 e.